The van der Waals surface area contributed by atoms with Gasteiger partial charge in [0.2, 0.25) is 0 Å². The molecule has 1 saturated heterocycles. The summed E-state index contributed by atoms with van der Waals surface area (Å²) in [5, 5.41) is 9.14. The van der Waals surface area contributed by atoms with Crippen LogP contribution in [0.25, 0.3) is 0 Å². The molecule has 0 aromatic heterocycles. The lowest BCUT2D eigenvalue weighted by Gasteiger charge is -2.26. The van der Waals surface area contributed by atoms with Gasteiger partial charge in [0.25, 0.3) is 0 Å². The van der Waals surface area contributed by atoms with Crippen molar-refractivity contribution in [2.24, 2.45) is 0 Å². The number of ether oxygens (including phenoxy) is 2. The molecule has 4 heteroatoms. The second-order valence-corrected chi connectivity index (χ2v) is 4.17. The third-order valence-corrected chi connectivity index (χ3v) is 2.86. The van der Waals surface area contributed by atoms with Gasteiger partial charge in [-0.25, -0.2) is 0 Å². The van der Waals surface area contributed by atoms with Gasteiger partial charge in [0.05, 0.1) is 26.4 Å². The lowest BCUT2D eigenvalue weighted by molar-refractivity contribution is 0.0180. The van der Waals surface area contributed by atoms with Crippen molar-refractivity contribution >= 4 is 0 Å². The predicted molar refractivity (Wildman–Crippen MR) is 65.0 cm³/mol. The van der Waals surface area contributed by atoms with Crippen molar-refractivity contribution in [2.45, 2.75) is 6.61 Å². The number of hydrogen-bond acceptors (Lipinski definition) is 4. The first kappa shape index (κ1) is 12.4. The molecule has 0 bridgehead atoms. The van der Waals surface area contributed by atoms with Gasteiger partial charge in [-0.15, -0.1) is 0 Å². The molecule has 0 amide bonds. The van der Waals surface area contributed by atoms with E-state index in [0.717, 1.165) is 45.0 Å². The molecule has 0 atom stereocenters. The fraction of sp³-hybridized carbons (Fsp3) is 0.538. The molecule has 1 aromatic rings. The van der Waals surface area contributed by atoms with Gasteiger partial charge in [0.1, 0.15) is 5.75 Å². The molecule has 17 heavy (non-hydrogen) atoms. The lowest BCUT2D eigenvalue weighted by Crippen LogP contribution is -2.38. The average Bonchev–Trinajstić information content (AvgIpc) is 2.38. The Kier molecular flexibility index (Phi) is 4.79. The summed E-state index contributed by atoms with van der Waals surface area (Å²) < 4.78 is 10.9. The fourth-order valence-electron chi connectivity index (χ4n) is 1.80. The molecular formula is C13H19NO3. The van der Waals surface area contributed by atoms with Crippen LogP contribution in [0.3, 0.4) is 0 Å². The Morgan fingerprint density at radius 1 is 1.18 bits per heavy atom. The lowest BCUT2D eigenvalue weighted by atomic mass is 10.2. The van der Waals surface area contributed by atoms with Crippen molar-refractivity contribution in [3.63, 3.8) is 0 Å². The van der Waals surface area contributed by atoms with E-state index < -0.39 is 0 Å². The maximum Gasteiger partial charge on any atom is 0.115 e. The van der Waals surface area contributed by atoms with E-state index in [1.807, 2.05) is 12.1 Å². The highest BCUT2D eigenvalue weighted by molar-refractivity contribution is 5.25. The molecule has 1 heterocycles. The summed E-state index contributed by atoms with van der Waals surface area (Å²) in [5.41, 5.74) is 1.09. The van der Waals surface area contributed by atoms with Gasteiger partial charge < -0.3 is 14.6 Å². The highest BCUT2D eigenvalue weighted by Gasteiger charge is 2.09. The summed E-state index contributed by atoms with van der Waals surface area (Å²) >= 11 is 0. The zero-order valence-corrected chi connectivity index (χ0v) is 9.97. The smallest absolute Gasteiger partial charge is 0.115 e. The minimum absolute atomic E-state index is 0.294. The van der Waals surface area contributed by atoms with Gasteiger partial charge in [-0.05, 0) is 17.7 Å². The van der Waals surface area contributed by atoms with Crippen molar-refractivity contribution in [1.82, 2.24) is 4.90 Å². The molecule has 1 fully saturated rings. The predicted octanol–water partition coefficient (Wildman–Crippen LogP) is 1.24. The Morgan fingerprint density at radius 3 is 2.59 bits per heavy atom. The first-order valence-corrected chi connectivity index (χ1v) is 6.00. The number of aromatic hydroxyl groups is 1. The quantitative estimate of drug-likeness (QED) is 0.782. The first-order valence-electron chi connectivity index (χ1n) is 6.00. The van der Waals surface area contributed by atoms with Crippen LogP contribution in [0.4, 0.5) is 0 Å². The molecule has 4 nitrogen and oxygen atoms in total. The van der Waals surface area contributed by atoms with Crippen molar-refractivity contribution in [2.75, 3.05) is 39.5 Å². The standard InChI is InChI=1S/C13H19NO3/c15-13-3-1-12(2-4-13)11-17-10-7-14-5-8-16-9-6-14/h1-4,15H,5-11H2. The van der Waals surface area contributed by atoms with Crippen LogP contribution in [0.2, 0.25) is 0 Å². The molecule has 1 aromatic carbocycles. The maximum absolute atomic E-state index is 9.14. The van der Waals surface area contributed by atoms with Crippen LogP contribution < -0.4 is 0 Å². The molecule has 1 aliphatic rings. The number of nitrogens with zero attached hydrogens (tertiary/aromatic N) is 1. The Morgan fingerprint density at radius 2 is 1.88 bits per heavy atom. The van der Waals surface area contributed by atoms with Gasteiger partial charge >= 0.3 is 0 Å². The first-order chi connectivity index (χ1) is 8.34. The summed E-state index contributed by atoms with van der Waals surface area (Å²) in [4.78, 5) is 2.35. The summed E-state index contributed by atoms with van der Waals surface area (Å²) in [6.45, 7) is 5.97. The average molecular weight is 237 g/mol. The van der Waals surface area contributed by atoms with E-state index >= 15 is 0 Å². The van der Waals surface area contributed by atoms with Gasteiger partial charge in [-0.1, -0.05) is 12.1 Å². The molecule has 0 aliphatic carbocycles. The zero-order chi connectivity index (χ0) is 11.9. The number of morpholine rings is 1. The van der Waals surface area contributed by atoms with E-state index in [-0.39, 0.29) is 0 Å². The van der Waals surface area contributed by atoms with E-state index in [0.29, 0.717) is 12.4 Å². The van der Waals surface area contributed by atoms with Crippen LogP contribution >= 0.6 is 0 Å². The van der Waals surface area contributed by atoms with Crippen molar-refractivity contribution in [1.29, 1.82) is 0 Å². The molecule has 2 rings (SSSR count). The van der Waals surface area contributed by atoms with Gasteiger partial charge in [-0.3, -0.25) is 4.90 Å². The van der Waals surface area contributed by atoms with E-state index in [1.165, 1.54) is 0 Å². The molecule has 1 N–H and O–H groups in total. The summed E-state index contributed by atoms with van der Waals surface area (Å²) in [7, 11) is 0. The second-order valence-electron chi connectivity index (χ2n) is 4.17. The van der Waals surface area contributed by atoms with Crippen LogP contribution in [0.15, 0.2) is 24.3 Å². The van der Waals surface area contributed by atoms with Crippen LogP contribution in [0.1, 0.15) is 5.56 Å². The molecular weight excluding hydrogens is 218 g/mol. The van der Waals surface area contributed by atoms with Crippen LogP contribution in [0.5, 0.6) is 5.75 Å². The van der Waals surface area contributed by atoms with Crippen LogP contribution in [0, 0.1) is 0 Å². The number of hydrogen-bond donors (Lipinski definition) is 1. The SMILES string of the molecule is Oc1ccc(COCCN2CCOCC2)cc1. The number of rotatable bonds is 5. The third kappa shape index (κ3) is 4.34. The minimum atomic E-state index is 0.294. The Balaban J connectivity index is 1.60. The summed E-state index contributed by atoms with van der Waals surface area (Å²) in [5.74, 6) is 0.294. The van der Waals surface area contributed by atoms with Gasteiger partial charge in [-0.2, -0.15) is 0 Å². The highest BCUT2D eigenvalue weighted by atomic mass is 16.5. The maximum atomic E-state index is 9.14. The largest absolute Gasteiger partial charge is 0.508 e. The van der Waals surface area contributed by atoms with Gasteiger partial charge in [0.15, 0.2) is 0 Å². The van der Waals surface area contributed by atoms with Crippen molar-refractivity contribution in [3.8, 4) is 5.75 Å². The van der Waals surface area contributed by atoms with Crippen molar-refractivity contribution in [3.05, 3.63) is 29.8 Å². The summed E-state index contributed by atoms with van der Waals surface area (Å²) in [6.07, 6.45) is 0. The third-order valence-electron chi connectivity index (χ3n) is 2.86. The fourth-order valence-corrected chi connectivity index (χ4v) is 1.80. The molecule has 0 saturated carbocycles. The Bertz CT molecular complexity index is 320. The van der Waals surface area contributed by atoms with Crippen LogP contribution in [-0.4, -0.2) is 49.5 Å². The monoisotopic (exact) mass is 237 g/mol. The minimum Gasteiger partial charge on any atom is -0.508 e. The van der Waals surface area contributed by atoms with Gasteiger partial charge in [0, 0.05) is 19.6 Å². The molecule has 0 unspecified atom stereocenters. The number of benzene rings is 1. The molecule has 94 valence electrons. The Labute approximate surface area is 102 Å². The van der Waals surface area contributed by atoms with E-state index in [4.69, 9.17) is 14.6 Å². The van der Waals surface area contributed by atoms with E-state index in [9.17, 15) is 0 Å². The number of phenols is 1. The Hall–Kier alpha value is -1.10. The molecule has 1 aliphatic heterocycles. The topological polar surface area (TPSA) is 41.9 Å². The van der Waals surface area contributed by atoms with E-state index in [1.54, 1.807) is 12.1 Å². The normalized spacial score (nSPS) is 17.2. The summed E-state index contributed by atoms with van der Waals surface area (Å²) in [6, 6.07) is 7.12. The number of phenolic OH excluding ortho intramolecular Hbond substituents is 1. The highest BCUT2D eigenvalue weighted by Crippen LogP contribution is 2.10. The molecule has 0 radical (unpaired) electrons. The second kappa shape index (κ2) is 6.59. The zero-order valence-electron chi connectivity index (χ0n) is 9.97. The van der Waals surface area contributed by atoms with Crippen LogP contribution in [-0.2, 0) is 16.1 Å². The molecule has 0 spiro atoms. The van der Waals surface area contributed by atoms with Crippen molar-refractivity contribution < 1.29 is 14.6 Å². The van der Waals surface area contributed by atoms with E-state index in [2.05, 4.69) is 4.90 Å².